The lowest BCUT2D eigenvalue weighted by atomic mass is 10.1. The predicted octanol–water partition coefficient (Wildman–Crippen LogP) is 0.481. The van der Waals surface area contributed by atoms with Gasteiger partial charge in [-0.1, -0.05) is 0 Å². The van der Waals surface area contributed by atoms with Crippen molar-refractivity contribution >= 4 is 5.91 Å². The van der Waals surface area contributed by atoms with Gasteiger partial charge in [-0.2, -0.15) is 10.2 Å². The highest BCUT2D eigenvalue weighted by Gasteiger charge is 2.12. The lowest BCUT2D eigenvalue weighted by Gasteiger charge is -2.20. The molecule has 1 aromatic rings. The number of carbonyl (C=O) groups is 1. The van der Waals surface area contributed by atoms with Crippen LogP contribution in [0.15, 0.2) is 18.3 Å². The lowest BCUT2D eigenvalue weighted by Crippen LogP contribution is -2.44. The van der Waals surface area contributed by atoms with Crippen LogP contribution in [0.25, 0.3) is 0 Å². The Morgan fingerprint density at radius 2 is 2.19 bits per heavy atom. The molecule has 0 bridgehead atoms. The van der Waals surface area contributed by atoms with Gasteiger partial charge in [0.1, 0.15) is 0 Å². The first kappa shape index (κ1) is 12.6. The molecule has 0 spiro atoms. The normalized spacial score (nSPS) is 11.2. The molecule has 1 aromatic heterocycles. The molecule has 5 heteroatoms. The summed E-state index contributed by atoms with van der Waals surface area (Å²) in [7, 11) is 0. The quantitative estimate of drug-likeness (QED) is 0.777. The van der Waals surface area contributed by atoms with E-state index in [0.717, 1.165) is 5.69 Å². The molecule has 0 saturated heterocycles. The topological polar surface area (TPSA) is 66.9 Å². The van der Waals surface area contributed by atoms with Gasteiger partial charge >= 0.3 is 0 Å². The third-order valence-electron chi connectivity index (χ3n) is 1.73. The Hall–Kier alpha value is -1.49. The summed E-state index contributed by atoms with van der Waals surface area (Å²) < 4.78 is 0. The van der Waals surface area contributed by atoms with Crippen LogP contribution in [0.1, 0.15) is 26.5 Å². The Morgan fingerprint density at radius 1 is 1.44 bits per heavy atom. The van der Waals surface area contributed by atoms with Crippen LogP contribution in [-0.2, 0) is 11.3 Å². The van der Waals surface area contributed by atoms with Crippen molar-refractivity contribution in [2.45, 2.75) is 32.9 Å². The second-order valence-corrected chi connectivity index (χ2v) is 4.62. The van der Waals surface area contributed by atoms with E-state index in [1.165, 1.54) is 0 Å². The molecule has 0 radical (unpaired) electrons. The van der Waals surface area contributed by atoms with Crippen molar-refractivity contribution in [2.24, 2.45) is 0 Å². The first-order chi connectivity index (χ1) is 7.47. The van der Waals surface area contributed by atoms with Crippen molar-refractivity contribution in [1.82, 2.24) is 20.8 Å². The first-order valence-corrected chi connectivity index (χ1v) is 5.26. The average molecular weight is 222 g/mol. The summed E-state index contributed by atoms with van der Waals surface area (Å²) in [5.74, 6) is -0.0172. The standard InChI is InChI=1S/C11H18N4O/c1-11(2,3)14-10(16)8-12-7-9-5-4-6-13-15-9/h4-6,12H,7-8H2,1-3H3,(H,14,16). The maximum atomic E-state index is 11.4. The van der Waals surface area contributed by atoms with Gasteiger partial charge in [-0.25, -0.2) is 0 Å². The molecule has 0 aromatic carbocycles. The molecular formula is C11H18N4O. The maximum Gasteiger partial charge on any atom is 0.234 e. The van der Waals surface area contributed by atoms with Gasteiger partial charge in [0.25, 0.3) is 0 Å². The molecule has 2 N–H and O–H groups in total. The molecule has 0 aliphatic carbocycles. The van der Waals surface area contributed by atoms with E-state index in [1.807, 2.05) is 32.9 Å². The molecule has 1 amide bonds. The fourth-order valence-electron chi connectivity index (χ4n) is 1.19. The molecule has 0 aliphatic rings. The summed E-state index contributed by atoms with van der Waals surface area (Å²) in [4.78, 5) is 11.4. The number of carbonyl (C=O) groups excluding carboxylic acids is 1. The zero-order chi connectivity index (χ0) is 12.0. The second-order valence-electron chi connectivity index (χ2n) is 4.62. The summed E-state index contributed by atoms with van der Waals surface area (Å²) in [6.45, 7) is 6.69. The zero-order valence-corrected chi connectivity index (χ0v) is 9.95. The molecule has 88 valence electrons. The number of aromatic nitrogens is 2. The molecule has 1 rings (SSSR count). The molecule has 0 fully saturated rings. The van der Waals surface area contributed by atoms with Gasteiger partial charge in [0.15, 0.2) is 0 Å². The van der Waals surface area contributed by atoms with Gasteiger partial charge in [-0.05, 0) is 32.9 Å². The Morgan fingerprint density at radius 3 is 2.75 bits per heavy atom. The Bertz CT molecular complexity index is 332. The van der Waals surface area contributed by atoms with Gasteiger partial charge in [0.05, 0.1) is 12.2 Å². The van der Waals surface area contributed by atoms with Crippen LogP contribution < -0.4 is 10.6 Å². The number of nitrogens with zero attached hydrogens (tertiary/aromatic N) is 2. The van der Waals surface area contributed by atoms with Crippen molar-refractivity contribution in [3.05, 3.63) is 24.0 Å². The van der Waals surface area contributed by atoms with E-state index >= 15 is 0 Å². The minimum atomic E-state index is -0.189. The molecular weight excluding hydrogens is 204 g/mol. The first-order valence-electron chi connectivity index (χ1n) is 5.26. The number of hydrogen-bond acceptors (Lipinski definition) is 4. The van der Waals surface area contributed by atoms with Crippen molar-refractivity contribution in [2.75, 3.05) is 6.54 Å². The van der Waals surface area contributed by atoms with E-state index in [-0.39, 0.29) is 18.0 Å². The van der Waals surface area contributed by atoms with Gasteiger partial charge in [0.2, 0.25) is 5.91 Å². The van der Waals surface area contributed by atoms with E-state index < -0.39 is 0 Å². The van der Waals surface area contributed by atoms with Crippen LogP contribution in [0.4, 0.5) is 0 Å². The number of nitrogens with one attached hydrogen (secondary N) is 2. The fraction of sp³-hybridized carbons (Fsp3) is 0.545. The highest BCUT2D eigenvalue weighted by molar-refractivity contribution is 5.78. The van der Waals surface area contributed by atoms with Crippen LogP contribution in [-0.4, -0.2) is 28.2 Å². The summed E-state index contributed by atoms with van der Waals surface area (Å²) in [6, 6.07) is 3.68. The van der Waals surface area contributed by atoms with Gasteiger partial charge in [0, 0.05) is 18.3 Å². The Labute approximate surface area is 95.7 Å². The van der Waals surface area contributed by atoms with E-state index in [4.69, 9.17) is 0 Å². The lowest BCUT2D eigenvalue weighted by molar-refractivity contribution is -0.121. The molecule has 16 heavy (non-hydrogen) atoms. The predicted molar refractivity (Wildman–Crippen MR) is 61.6 cm³/mol. The van der Waals surface area contributed by atoms with Crippen LogP contribution in [0, 0.1) is 0 Å². The van der Waals surface area contributed by atoms with E-state index in [2.05, 4.69) is 20.8 Å². The van der Waals surface area contributed by atoms with E-state index in [1.54, 1.807) is 6.20 Å². The van der Waals surface area contributed by atoms with Crippen molar-refractivity contribution < 1.29 is 4.79 Å². The number of amides is 1. The van der Waals surface area contributed by atoms with Crippen LogP contribution >= 0.6 is 0 Å². The average Bonchev–Trinajstić information content (AvgIpc) is 2.16. The number of hydrogen-bond donors (Lipinski definition) is 2. The largest absolute Gasteiger partial charge is 0.350 e. The third-order valence-corrected chi connectivity index (χ3v) is 1.73. The molecule has 1 heterocycles. The zero-order valence-electron chi connectivity index (χ0n) is 9.95. The van der Waals surface area contributed by atoms with Gasteiger partial charge in [-0.3, -0.25) is 4.79 Å². The van der Waals surface area contributed by atoms with Gasteiger partial charge in [-0.15, -0.1) is 0 Å². The molecule has 0 unspecified atom stereocenters. The summed E-state index contributed by atoms with van der Waals surface area (Å²) in [5.41, 5.74) is 0.636. The van der Waals surface area contributed by atoms with Crippen LogP contribution in [0.2, 0.25) is 0 Å². The molecule has 0 aliphatic heterocycles. The minimum Gasteiger partial charge on any atom is -0.350 e. The van der Waals surface area contributed by atoms with E-state index in [9.17, 15) is 4.79 Å². The van der Waals surface area contributed by atoms with Crippen molar-refractivity contribution in [3.8, 4) is 0 Å². The number of rotatable bonds is 4. The monoisotopic (exact) mass is 222 g/mol. The molecule has 0 saturated carbocycles. The summed E-state index contributed by atoms with van der Waals surface area (Å²) in [6.07, 6.45) is 1.62. The highest BCUT2D eigenvalue weighted by atomic mass is 16.2. The Balaban J connectivity index is 2.24. The maximum absolute atomic E-state index is 11.4. The Kier molecular flexibility index (Phi) is 4.37. The van der Waals surface area contributed by atoms with Crippen molar-refractivity contribution in [1.29, 1.82) is 0 Å². The van der Waals surface area contributed by atoms with Gasteiger partial charge < -0.3 is 10.6 Å². The van der Waals surface area contributed by atoms with Crippen molar-refractivity contribution in [3.63, 3.8) is 0 Å². The van der Waals surface area contributed by atoms with Crippen LogP contribution in [0.5, 0.6) is 0 Å². The fourth-order valence-corrected chi connectivity index (χ4v) is 1.19. The minimum absolute atomic E-state index is 0.0172. The highest BCUT2D eigenvalue weighted by Crippen LogP contribution is 1.97. The third kappa shape index (κ3) is 5.41. The SMILES string of the molecule is CC(C)(C)NC(=O)CNCc1cccnn1. The van der Waals surface area contributed by atoms with Crippen LogP contribution in [0.3, 0.4) is 0 Å². The summed E-state index contributed by atoms with van der Waals surface area (Å²) >= 11 is 0. The summed E-state index contributed by atoms with van der Waals surface area (Å²) in [5, 5.41) is 13.5. The smallest absolute Gasteiger partial charge is 0.234 e. The molecule has 0 atom stereocenters. The van der Waals surface area contributed by atoms with E-state index in [0.29, 0.717) is 6.54 Å². The molecule has 5 nitrogen and oxygen atoms in total. The second kappa shape index (κ2) is 5.55.